The molecule has 1 aliphatic rings. The molecule has 6 nitrogen and oxygen atoms in total. The summed E-state index contributed by atoms with van der Waals surface area (Å²) < 4.78 is 5.16. The molecule has 0 aliphatic heterocycles. The van der Waals surface area contributed by atoms with E-state index in [9.17, 15) is 9.59 Å². The zero-order chi connectivity index (χ0) is 14.1. The van der Waals surface area contributed by atoms with Crippen LogP contribution in [0.1, 0.15) is 32.6 Å². The number of rotatable bonds is 8. The predicted molar refractivity (Wildman–Crippen MR) is 71.0 cm³/mol. The topological polar surface area (TPSA) is 87.7 Å². The molecular weight excluding hydrogens is 248 g/mol. The lowest BCUT2D eigenvalue weighted by molar-refractivity contribution is -0.142. The van der Waals surface area contributed by atoms with Gasteiger partial charge < -0.3 is 20.5 Å². The highest BCUT2D eigenvalue weighted by Gasteiger charge is 2.32. The molecule has 0 spiro atoms. The van der Waals surface area contributed by atoms with Crippen molar-refractivity contribution in [1.82, 2.24) is 10.6 Å². The summed E-state index contributed by atoms with van der Waals surface area (Å²) in [6.45, 7) is 4.26. The molecular formula is C13H24N2O4. The second-order valence-corrected chi connectivity index (χ2v) is 4.82. The van der Waals surface area contributed by atoms with Gasteiger partial charge >= 0.3 is 12.0 Å². The Morgan fingerprint density at radius 2 is 2.11 bits per heavy atom. The van der Waals surface area contributed by atoms with Crippen LogP contribution in [-0.2, 0) is 9.53 Å². The quantitative estimate of drug-likeness (QED) is 0.580. The van der Waals surface area contributed by atoms with Gasteiger partial charge in [0.05, 0.1) is 5.92 Å². The number of carboxylic acid groups (broad SMARTS) is 1. The molecule has 0 radical (unpaired) electrons. The van der Waals surface area contributed by atoms with Crippen molar-refractivity contribution in [2.24, 2.45) is 11.8 Å². The molecule has 0 saturated heterocycles. The molecule has 2 amide bonds. The molecule has 2 unspecified atom stereocenters. The van der Waals surface area contributed by atoms with Crippen molar-refractivity contribution >= 4 is 12.0 Å². The van der Waals surface area contributed by atoms with E-state index in [4.69, 9.17) is 9.84 Å². The molecule has 0 aromatic heterocycles. The van der Waals surface area contributed by atoms with Gasteiger partial charge in [0, 0.05) is 26.3 Å². The van der Waals surface area contributed by atoms with Crippen LogP contribution in [0.25, 0.3) is 0 Å². The Bertz CT molecular complexity index is 296. The fourth-order valence-corrected chi connectivity index (χ4v) is 2.41. The molecule has 110 valence electrons. The highest BCUT2D eigenvalue weighted by atomic mass is 16.5. The molecule has 1 aliphatic carbocycles. The van der Waals surface area contributed by atoms with Gasteiger partial charge in [-0.05, 0) is 32.1 Å². The molecule has 1 saturated carbocycles. The van der Waals surface area contributed by atoms with E-state index in [1.807, 2.05) is 6.92 Å². The number of amides is 2. The first-order chi connectivity index (χ1) is 9.15. The Labute approximate surface area is 113 Å². The van der Waals surface area contributed by atoms with Crippen LogP contribution in [0.5, 0.6) is 0 Å². The van der Waals surface area contributed by atoms with Crippen LogP contribution in [0.2, 0.25) is 0 Å². The minimum Gasteiger partial charge on any atom is -0.481 e. The van der Waals surface area contributed by atoms with Gasteiger partial charge in [0.1, 0.15) is 0 Å². The molecule has 0 bridgehead atoms. The van der Waals surface area contributed by atoms with Gasteiger partial charge in [-0.15, -0.1) is 0 Å². The average molecular weight is 272 g/mol. The van der Waals surface area contributed by atoms with E-state index in [0.717, 1.165) is 25.7 Å². The van der Waals surface area contributed by atoms with E-state index in [-0.39, 0.29) is 17.9 Å². The average Bonchev–Trinajstić information content (AvgIpc) is 2.84. The SMILES string of the molecule is CCOCCCNC(=O)NCC1CCCC1C(=O)O. The number of carbonyl (C=O) groups excluding carboxylic acids is 1. The number of aliphatic carboxylic acids is 1. The molecule has 0 heterocycles. The van der Waals surface area contributed by atoms with E-state index in [1.54, 1.807) is 0 Å². The van der Waals surface area contributed by atoms with E-state index in [1.165, 1.54) is 0 Å². The van der Waals surface area contributed by atoms with Crippen LogP contribution in [0, 0.1) is 11.8 Å². The van der Waals surface area contributed by atoms with Gasteiger partial charge in [0.25, 0.3) is 0 Å². The summed E-state index contributed by atoms with van der Waals surface area (Å²) in [5.74, 6) is -0.994. The maximum Gasteiger partial charge on any atom is 0.314 e. The van der Waals surface area contributed by atoms with Crippen LogP contribution in [0.4, 0.5) is 4.79 Å². The maximum atomic E-state index is 11.5. The summed E-state index contributed by atoms with van der Waals surface area (Å²) in [5, 5.41) is 14.5. The van der Waals surface area contributed by atoms with Gasteiger partial charge in [0.15, 0.2) is 0 Å². The monoisotopic (exact) mass is 272 g/mol. The second-order valence-electron chi connectivity index (χ2n) is 4.82. The number of carboxylic acids is 1. The second kappa shape index (κ2) is 8.74. The lowest BCUT2D eigenvalue weighted by Gasteiger charge is -2.16. The van der Waals surface area contributed by atoms with E-state index in [0.29, 0.717) is 26.3 Å². The van der Waals surface area contributed by atoms with Gasteiger partial charge in [-0.2, -0.15) is 0 Å². The fraction of sp³-hybridized carbons (Fsp3) is 0.846. The molecule has 2 atom stereocenters. The van der Waals surface area contributed by atoms with Crippen molar-refractivity contribution in [2.45, 2.75) is 32.6 Å². The highest BCUT2D eigenvalue weighted by Crippen LogP contribution is 2.31. The molecule has 0 aromatic rings. The number of nitrogens with one attached hydrogen (secondary N) is 2. The highest BCUT2D eigenvalue weighted by molar-refractivity contribution is 5.74. The first kappa shape index (κ1) is 15.8. The largest absolute Gasteiger partial charge is 0.481 e. The number of hydrogen-bond acceptors (Lipinski definition) is 3. The Kier molecular flexibility index (Phi) is 7.25. The minimum atomic E-state index is -0.749. The number of hydrogen-bond donors (Lipinski definition) is 3. The van der Waals surface area contributed by atoms with Crippen molar-refractivity contribution in [2.75, 3.05) is 26.3 Å². The summed E-state index contributed by atoms with van der Waals surface area (Å²) in [5.41, 5.74) is 0. The number of urea groups is 1. The summed E-state index contributed by atoms with van der Waals surface area (Å²) in [4.78, 5) is 22.5. The van der Waals surface area contributed by atoms with E-state index < -0.39 is 5.97 Å². The summed E-state index contributed by atoms with van der Waals surface area (Å²) >= 11 is 0. The van der Waals surface area contributed by atoms with Crippen molar-refractivity contribution in [3.05, 3.63) is 0 Å². The van der Waals surface area contributed by atoms with E-state index >= 15 is 0 Å². The summed E-state index contributed by atoms with van der Waals surface area (Å²) in [7, 11) is 0. The third-order valence-corrected chi connectivity index (χ3v) is 3.46. The van der Waals surface area contributed by atoms with Crippen LogP contribution >= 0.6 is 0 Å². The van der Waals surface area contributed by atoms with Gasteiger partial charge in [-0.3, -0.25) is 4.79 Å². The van der Waals surface area contributed by atoms with Crippen LogP contribution in [0.15, 0.2) is 0 Å². The third-order valence-electron chi connectivity index (χ3n) is 3.46. The molecule has 19 heavy (non-hydrogen) atoms. The van der Waals surface area contributed by atoms with Gasteiger partial charge in [-0.25, -0.2) is 4.79 Å². The standard InChI is InChI=1S/C13H24N2O4/c1-2-19-8-4-7-14-13(18)15-9-10-5-3-6-11(10)12(16)17/h10-11H,2-9H2,1H3,(H,16,17)(H2,14,15,18). The minimum absolute atomic E-state index is 0.0617. The Hall–Kier alpha value is -1.30. The number of carbonyl (C=O) groups is 2. The van der Waals surface area contributed by atoms with Crippen molar-refractivity contribution in [3.63, 3.8) is 0 Å². The van der Waals surface area contributed by atoms with Crippen molar-refractivity contribution in [1.29, 1.82) is 0 Å². The lowest BCUT2D eigenvalue weighted by Crippen LogP contribution is -2.40. The lowest BCUT2D eigenvalue weighted by atomic mass is 9.96. The molecule has 0 aromatic carbocycles. The first-order valence-electron chi connectivity index (χ1n) is 6.97. The molecule has 1 rings (SSSR count). The zero-order valence-electron chi connectivity index (χ0n) is 11.5. The maximum absolute atomic E-state index is 11.5. The third kappa shape index (κ3) is 5.92. The normalized spacial score (nSPS) is 22.2. The molecule has 3 N–H and O–H groups in total. The summed E-state index contributed by atoms with van der Waals surface area (Å²) in [6.07, 6.45) is 3.31. The van der Waals surface area contributed by atoms with Gasteiger partial charge in [0.2, 0.25) is 0 Å². The fourth-order valence-electron chi connectivity index (χ4n) is 2.41. The Morgan fingerprint density at radius 1 is 1.32 bits per heavy atom. The Balaban J connectivity index is 2.11. The smallest absolute Gasteiger partial charge is 0.314 e. The van der Waals surface area contributed by atoms with Crippen molar-refractivity contribution in [3.8, 4) is 0 Å². The van der Waals surface area contributed by atoms with Crippen LogP contribution < -0.4 is 10.6 Å². The van der Waals surface area contributed by atoms with Gasteiger partial charge in [-0.1, -0.05) is 6.42 Å². The predicted octanol–water partition coefficient (Wildman–Crippen LogP) is 1.21. The molecule has 6 heteroatoms. The van der Waals surface area contributed by atoms with Crippen LogP contribution in [-0.4, -0.2) is 43.4 Å². The van der Waals surface area contributed by atoms with Crippen molar-refractivity contribution < 1.29 is 19.4 Å². The molecule has 1 fully saturated rings. The van der Waals surface area contributed by atoms with E-state index in [2.05, 4.69) is 10.6 Å². The van der Waals surface area contributed by atoms with Crippen LogP contribution in [0.3, 0.4) is 0 Å². The summed E-state index contributed by atoms with van der Waals surface area (Å²) in [6, 6.07) is -0.229. The number of ether oxygens (including phenoxy) is 1. The zero-order valence-corrected chi connectivity index (χ0v) is 11.5. The first-order valence-corrected chi connectivity index (χ1v) is 6.97. The Morgan fingerprint density at radius 3 is 2.79 bits per heavy atom.